The van der Waals surface area contributed by atoms with E-state index in [4.69, 9.17) is 0 Å². The molecule has 0 aliphatic carbocycles. The maximum absolute atomic E-state index is 12.3. The number of nitrogens with zero attached hydrogens (tertiary/aromatic N) is 1. The highest BCUT2D eigenvalue weighted by Gasteiger charge is 2.48. The van der Waals surface area contributed by atoms with Crippen LogP contribution < -0.4 is 5.32 Å². The van der Waals surface area contributed by atoms with Gasteiger partial charge in [-0.25, -0.2) is 9.59 Å². The summed E-state index contributed by atoms with van der Waals surface area (Å²) in [5.41, 5.74) is -1.07. The number of carboxylic acids is 1. The largest absolute Gasteiger partial charge is 0.479 e. The van der Waals surface area contributed by atoms with Crippen molar-refractivity contribution in [3.63, 3.8) is 0 Å². The van der Waals surface area contributed by atoms with E-state index in [9.17, 15) is 18.9 Å². The van der Waals surface area contributed by atoms with Crippen LogP contribution >= 0.6 is 0 Å². The third-order valence-electron chi connectivity index (χ3n) is 3.93. The van der Waals surface area contributed by atoms with Crippen LogP contribution in [0.25, 0.3) is 0 Å². The van der Waals surface area contributed by atoms with Gasteiger partial charge in [-0.2, -0.15) is 0 Å². The van der Waals surface area contributed by atoms with Gasteiger partial charge in [0.15, 0.2) is 0 Å². The fourth-order valence-electron chi connectivity index (χ4n) is 2.62. The zero-order chi connectivity index (χ0) is 15.3. The average Bonchev–Trinajstić information content (AvgIpc) is 2.81. The average molecular weight is 304 g/mol. The smallest absolute Gasteiger partial charge is 0.329 e. The van der Waals surface area contributed by atoms with Crippen LogP contribution in [-0.4, -0.2) is 56.3 Å². The molecule has 20 heavy (non-hydrogen) atoms. The van der Waals surface area contributed by atoms with E-state index in [1.807, 2.05) is 6.92 Å². The monoisotopic (exact) mass is 304 g/mol. The van der Waals surface area contributed by atoms with Crippen LogP contribution in [0.15, 0.2) is 0 Å². The van der Waals surface area contributed by atoms with Crippen molar-refractivity contribution in [1.82, 2.24) is 10.2 Å². The van der Waals surface area contributed by atoms with Gasteiger partial charge in [0.1, 0.15) is 5.54 Å². The molecule has 1 fully saturated rings. The van der Waals surface area contributed by atoms with Gasteiger partial charge in [0.2, 0.25) is 0 Å². The van der Waals surface area contributed by atoms with E-state index in [0.29, 0.717) is 38.0 Å². The predicted molar refractivity (Wildman–Crippen MR) is 78.1 cm³/mol. The number of carboxylic acid groups (broad SMARTS) is 1. The number of hydrogen-bond donors (Lipinski definition) is 2. The fraction of sp³-hybridized carbons (Fsp3) is 0.846. The number of carbonyl (C=O) groups is 2. The molecule has 1 saturated heterocycles. The molecule has 1 aliphatic rings. The standard InChI is InChI=1S/C13H24N2O4S/c1-4-13(11(16)17)7-5-8-15(13)12(18)14-10(2)6-9-20(3)19/h10H,4-9H2,1-3H3,(H,14,18)(H,16,17). The zero-order valence-electron chi connectivity index (χ0n) is 12.3. The highest BCUT2D eigenvalue weighted by molar-refractivity contribution is 7.84. The van der Waals surface area contributed by atoms with Crippen molar-refractivity contribution in [2.45, 2.75) is 51.1 Å². The van der Waals surface area contributed by atoms with Crippen LogP contribution in [0.5, 0.6) is 0 Å². The number of nitrogens with one attached hydrogen (secondary N) is 1. The van der Waals surface area contributed by atoms with E-state index in [1.165, 1.54) is 4.90 Å². The summed E-state index contributed by atoms with van der Waals surface area (Å²) in [6, 6.07) is -0.448. The Labute approximate surface area is 122 Å². The molecule has 116 valence electrons. The molecule has 0 aromatic heterocycles. The number of hydrogen-bond acceptors (Lipinski definition) is 3. The lowest BCUT2D eigenvalue weighted by Crippen LogP contribution is -2.56. The van der Waals surface area contributed by atoms with Crippen molar-refractivity contribution in [3.05, 3.63) is 0 Å². The lowest BCUT2D eigenvalue weighted by Gasteiger charge is -2.34. The maximum Gasteiger partial charge on any atom is 0.329 e. The molecule has 0 spiro atoms. The molecule has 0 aromatic carbocycles. The van der Waals surface area contributed by atoms with Gasteiger partial charge in [0.05, 0.1) is 0 Å². The Balaban J connectivity index is 2.66. The van der Waals surface area contributed by atoms with Gasteiger partial charge in [0.25, 0.3) is 0 Å². The van der Waals surface area contributed by atoms with Crippen molar-refractivity contribution in [1.29, 1.82) is 0 Å². The van der Waals surface area contributed by atoms with Gasteiger partial charge in [-0.1, -0.05) is 6.92 Å². The predicted octanol–water partition coefficient (Wildman–Crippen LogP) is 1.18. The summed E-state index contributed by atoms with van der Waals surface area (Å²) in [5.74, 6) is -0.408. The molecule has 7 heteroatoms. The Kier molecular flexibility index (Phi) is 5.98. The van der Waals surface area contributed by atoms with Crippen molar-refractivity contribution in [2.24, 2.45) is 0 Å². The molecule has 0 aromatic rings. The second kappa shape index (κ2) is 7.06. The molecular weight excluding hydrogens is 280 g/mol. The maximum atomic E-state index is 12.3. The third kappa shape index (κ3) is 3.71. The number of urea groups is 1. The molecule has 1 aliphatic heterocycles. The SMILES string of the molecule is CCC1(C(=O)O)CCCN1C(=O)NC(C)CCS(C)=O. The lowest BCUT2D eigenvalue weighted by atomic mass is 9.93. The number of carbonyl (C=O) groups excluding carboxylic acids is 1. The Hall–Kier alpha value is -1.11. The molecule has 2 amide bonds. The van der Waals surface area contributed by atoms with E-state index in [0.717, 1.165) is 0 Å². The summed E-state index contributed by atoms with van der Waals surface area (Å²) >= 11 is 0. The topological polar surface area (TPSA) is 86.7 Å². The molecule has 0 saturated carbocycles. The van der Waals surface area contributed by atoms with E-state index < -0.39 is 22.3 Å². The van der Waals surface area contributed by atoms with Gasteiger partial charge >= 0.3 is 12.0 Å². The van der Waals surface area contributed by atoms with Crippen molar-refractivity contribution in [2.75, 3.05) is 18.6 Å². The van der Waals surface area contributed by atoms with E-state index >= 15 is 0 Å². The number of rotatable bonds is 6. The fourth-order valence-corrected chi connectivity index (χ4v) is 3.30. The summed E-state index contributed by atoms with van der Waals surface area (Å²) in [7, 11) is -0.886. The first kappa shape index (κ1) is 16.9. The first-order chi connectivity index (χ1) is 9.33. The summed E-state index contributed by atoms with van der Waals surface area (Å²) in [4.78, 5) is 25.2. The van der Waals surface area contributed by atoms with E-state index in [-0.39, 0.29) is 12.1 Å². The minimum Gasteiger partial charge on any atom is -0.479 e. The Morgan fingerprint density at radius 2 is 2.15 bits per heavy atom. The highest BCUT2D eigenvalue weighted by Crippen LogP contribution is 2.32. The second-order valence-electron chi connectivity index (χ2n) is 5.36. The van der Waals surface area contributed by atoms with Crippen LogP contribution in [0.4, 0.5) is 4.79 Å². The molecule has 3 unspecified atom stereocenters. The number of amides is 2. The first-order valence-corrected chi connectivity index (χ1v) is 8.67. The Morgan fingerprint density at radius 3 is 2.65 bits per heavy atom. The third-order valence-corrected chi connectivity index (χ3v) is 4.74. The molecule has 3 atom stereocenters. The Morgan fingerprint density at radius 1 is 1.50 bits per heavy atom. The van der Waals surface area contributed by atoms with Crippen molar-refractivity contribution >= 4 is 22.8 Å². The second-order valence-corrected chi connectivity index (χ2v) is 6.92. The van der Waals surface area contributed by atoms with Crippen LogP contribution in [-0.2, 0) is 15.6 Å². The van der Waals surface area contributed by atoms with Crippen LogP contribution in [0.2, 0.25) is 0 Å². The van der Waals surface area contributed by atoms with E-state index in [2.05, 4.69) is 5.32 Å². The molecule has 1 rings (SSSR count). The number of likely N-dealkylation sites (tertiary alicyclic amines) is 1. The highest BCUT2D eigenvalue weighted by atomic mass is 32.2. The molecule has 0 bridgehead atoms. The van der Waals surface area contributed by atoms with E-state index in [1.54, 1.807) is 13.2 Å². The Bertz CT molecular complexity index is 402. The molecule has 2 N–H and O–H groups in total. The van der Waals surface area contributed by atoms with Gasteiger partial charge in [0, 0.05) is 35.4 Å². The summed E-state index contributed by atoms with van der Waals surface area (Å²) < 4.78 is 11.0. The number of aliphatic carboxylic acids is 1. The first-order valence-electron chi connectivity index (χ1n) is 6.95. The van der Waals surface area contributed by atoms with Crippen LogP contribution in [0, 0.1) is 0 Å². The van der Waals surface area contributed by atoms with Crippen LogP contribution in [0.1, 0.15) is 39.5 Å². The quantitative estimate of drug-likeness (QED) is 0.771. The molecule has 1 heterocycles. The van der Waals surface area contributed by atoms with Gasteiger partial charge in [-0.3, -0.25) is 4.21 Å². The van der Waals surface area contributed by atoms with Gasteiger partial charge in [-0.05, 0) is 32.6 Å². The molecule has 0 radical (unpaired) electrons. The minimum absolute atomic E-state index is 0.115. The molecule has 6 nitrogen and oxygen atoms in total. The summed E-state index contributed by atoms with van der Waals surface area (Å²) in [5, 5.41) is 12.2. The van der Waals surface area contributed by atoms with Gasteiger partial charge in [-0.15, -0.1) is 0 Å². The van der Waals surface area contributed by atoms with Gasteiger partial charge < -0.3 is 15.3 Å². The summed E-state index contributed by atoms with van der Waals surface area (Å²) in [6.07, 6.45) is 3.86. The zero-order valence-corrected chi connectivity index (χ0v) is 13.2. The normalized spacial score (nSPS) is 25.2. The van der Waals surface area contributed by atoms with Crippen molar-refractivity contribution < 1.29 is 18.9 Å². The molecular formula is C13H24N2O4S. The van der Waals surface area contributed by atoms with Crippen LogP contribution in [0.3, 0.4) is 0 Å². The lowest BCUT2D eigenvalue weighted by molar-refractivity contribution is -0.148. The summed E-state index contributed by atoms with van der Waals surface area (Å²) in [6.45, 7) is 4.11. The minimum atomic E-state index is -1.07. The van der Waals surface area contributed by atoms with Crippen molar-refractivity contribution in [3.8, 4) is 0 Å².